The van der Waals surface area contributed by atoms with Crippen molar-refractivity contribution in [2.24, 2.45) is 0 Å². The smallest absolute Gasteiger partial charge is 0.264 e. The Bertz CT molecular complexity index is 1160. The fourth-order valence-corrected chi connectivity index (χ4v) is 4.47. The number of sulfonamides is 1. The molecule has 1 saturated heterocycles. The van der Waals surface area contributed by atoms with Crippen molar-refractivity contribution in [3.63, 3.8) is 0 Å². The van der Waals surface area contributed by atoms with Crippen LogP contribution in [0.3, 0.4) is 0 Å². The molecular weight excluding hydrogens is 414 g/mol. The SMILES string of the molecule is CC(C)(C)c1ccc(C(=O)N2CCC2(C)C(=O)NS(=O)(=O)c2ccc(C#N)cc2)cc1. The summed E-state index contributed by atoms with van der Waals surface area (Å²) in [4.78, 5) is 27.1. The number of nitriles is 1. The molecule has 1 unspecified atom stereocenters. The Balaban J connectivity index is 1.77. The van der Waals surface area contributed by atoms with E-state index in [9.17, 15) is 18.0 Å². The molecule has 8 heteroatoms. The molecule has 2 aromatic carbocycles. The summed E-state index contributed by atoms with van der Waals surface area (Å²) in [5, 5.41) is 8.85. The highest BCUT2D eigenvalue weighted by molar-refractivity contribution is 7.90. The molecule has 31 heavy (non-hydrogen) atoms. The van der Waals surface area contributed by atoms with Gasteiger partial charge >= 0.3 is 0 Å². The average Bonchev–Trinajstić information content (AvgIpc) is 2.71. The van der Waals surface area contributed by atoms with Gasteiger partial charge in [-0.15, -0.1) is 0 Å². The molecule has 162 valence electrons. The van der Waals surface area contributed by atoms with Crippen LogP contribution in [0.15, 0.2) is 53.4 Å². The predicted octanol–water partition coefficient (Wildman–Crippen LogP) is 2.97. The summed E-state index contributed by atoms with van der Waals surface area (Å²) in [6.45, 7) is 8.15. The molecule has 0 saturated carbocycles. The quantitative estimate of drug-likeness (QED) is 0.788. The van der Waals surface area contributed by atoms with Gasteiger partial charge < -0.3 is 4.90 Å². The van der Waals surface area contributed by atoms with Crippen LogP contribution < -0.4 is 4.72 Å². The van der Waals surface area contributed by atoms with Crippen molar-refractivity contribution >= 4 is 21.8 Å². The monoisotopic (exact) mass is 439 g/mol. The van der Waals surface area contributed by atoms with Gasteiger partial charge in [-0.25, -0.2) is 13.1 Å². The fraction of sp³-hybridized carbons (Fsp3) is 0.348. The van der Waals surface area contributed by atoms with Crippen LogP contribution in [0.25, 0.3) is 0 Å². The first-order valence-corrected chi connectivity index (χ1v) is 11.4. The minimum atomic E-state index is -4.13. The standard InChI is InChI=1S/C23H25N3O4S/c1-22(2,3)18-9-7-17(8-10-18)20(27)26-14-13-23(26,4)21(28)25-31(29,30)19-11-5-16(15-24)6-12-19/h5-12H,13-14H2,1-4H3,(H,25,28). The molecule has 1 fully saturated rings. The van der Waals surface area contributed by atoms with E-state index in [0.29, 0.717) is 24.1 Å². The van der Waals surface area contributed by atoms with Crippen molar-refractivity contribution < 1.29 is 18.0 Å². The Morgan fingerprint density at radius 2 is 1.65 bits per heavy atom. The molecule has 2 aromatic rings. The van der Waals surface area contributed by atoms with Gasteiger partial charge in [0.25, 0.3) is 21.8 Å². The Morgan fingerprint density at radius 3 is 2.10 bits per heavy atom. The number of rotatable bonds is 4. The van der Waals surface area contributed by atoms with Gasteiger partial charge in [0.2, 0.25) is 0 Å². The van der Waals surface area contributed by atoms with Crippen LogP contribution >= 0.6 is 0 Å². The molecule has 7 nitrogen and oxygen atoms in total. The Hall–Kier alpha value is -3.18. The Kier molecular flexibility index (Phi) is 5.68. The lowest BCUT2D eigenvalue weighted by Crippen LogP contribution is -2.67. The lowest BCUT2D eigenvalue weighted by Gasteiger charge is -2.48. The molecule has 2 amide bonds. The summed E-state index contributed by atoms with van der Waals surface area (Å²) in [5.41, 5.74) is 0.528. The molecular formula is C23H25N3O4S. The highest BCUT2D eigenvalue weighted by Gasteiger charge is 2.50. The molecule has 0 spiro atoms. The second-order valence-corrected chi connectivity index (χ2v) is 10.6. The number of carbonyl (C=O) groups is 2. The van der Waals surface area contributed by atoms with E-state index in [0.717, 1.165) is 5.56 Å². The zero-order valence-corrected chi connectivity index (χ0v) is 18.8. The van der Waals surface area contributed by atoms with Gasteiger partial charge in [-0.2, -0.15) is 5.26 Å². The zero-order chi connectivity index (χ0) is 23.0. The first kappa shape index (κ1) is 22.5. The van der Waals surface area contributed by atoms with E-state index >= 15 is 0 Å². The summed E-state index contributed by atoms with van der Waals surface area (Å²) in [7, 11) is -4.13. The van der Waals surface area contributed by atoms with E-state index in [1.54, 1.807) is 19.1 Å². The summed E-state index contributed by atoms with van der Waals surface area (Å²) >= 11 is 0. The van der Waals surface area contributed by atoms with Crippen LogP contribution in [0.1, 0.15) is 55.6 Å². The Morgan fingerprint density at radius 1 is 1.06 bits per heavy atom. The van der Waals surface area contributed by atoms with Crippen molar-refractivity contribution in [3.05, 3.63) is 65.2 Å². The second kappa shape index (κ2) is 7.82. The first-order valence-electron chi connectivity index (χ1n) is 9.88. The number of likely N-dealkylation sites (tertiary alicyclic amines) is 1. The third-order valence-electron chi connectivity index (χ3n) is 5.67. The van der Waals surface area contributed by atoms with Crippen molar-refractivity contribution in [2.75, 3.05) is 6.54 Å². The van der Waals surface area contributed by atoms with Crippen molar-refractivity contribution in [3.8, 4) is 6.07 Å². The van der Waals surface area contributed by atoms with Gasteiger partial charge in [-0.1, -0.05) is 32.9 Å². The van der Waals surface area contributed by atoms with Crippen LogP contribution in [-0.4, -0.2) is 37.2 Å². The van der Waals surface area contributed by atoms with Gasteiger partial charge in [0.15, 0.2) is 0 Å². The van der Waals surface area contributed by atoms with Crippen LogP contribution in [0.2, 0.25) is 0 Å². The minimum absolute atomic E-state index is 0.0491. The molecule has 0 bridgehead atoms. The van der Waals surface area contributed by atoms with E-state index in [4.69, 9.17) is 5.26 Å². The summed E-state index contributed by atoms with van der Waals surface area (Å²) in [6, 6.07) is 14.4. The van der Waals surface area contributed by atoms with E-state index in [1.165, 1.54) is 29.2 Å². The Labute approximate surface area is 182 Å². The largest absolute Gasteiger partial charge is 0.324 e. The third kappa shape index (κ3) is 4.32. The van der Waals surface area contributed by atoms with Crippen molar-refractivity contribution in [2.45, 2.75) is 50.0 Å². The number of nitrogens with one attached hydrogen (secondary N) is 1. The number of hydrogen-bond donors (Lipinski definition) is 1. The highest BCUT2D eigenvalue weighted by atomic mass is 32.2. The highest BCUT2D eigenvalue weighted by Crippen LogP contribution is 2.33. The van der Waals surface area contributed by atoms with Gasteiger partial charge in [0.05, 0.1) is 16.5 Å². The first-order chi connectivity index (χ1) is 14.4. The second-order valence-electron chi connectivity index (χ2n) is 8.88. The molecule has 1 atom stereocenters. The van der Waals surface area contributed by atoms with Crippen LogP contribution in [0.5, 0.6) is 0 Å². The van der Waals surface area contributed by atoms with E-state index in [-0.39, 0.29) is 16.2 Å². The maximum Gasteiger partial charge on any atom is 0.264 e. The third-order valence-corrected chi connectivity index (χ3v) is 7.02. The van der Waals surface area contributed by atoms with E-state index in [1.807, 2.05) is 18.2 Å². The van der Waals surface area contributed by atoms with Gasteiger partial charge in [0, 0.05) is 12.1 Å². The molecule has 0 aliphatic carbocycles. The fourth-order valence-electron chi connectivity index (χ4n) is 3.39. The summed E-state index contributed by atoms with van der Waals surface area (Å²) < 4.78 is 27.3. The van der Waals surface area contributed by atoms with Crippen LogP contribution in [-0.2, 0) is 20.2 Å². The molecule has 3 rings (SSSR count). The maximum absolute atomic E-state index is 13.0. The number of hydrogen-bond acceptors (Lipinski definition) is 5. The summed E-state index contributed by atoms with van der Waals surface area (Å²) in [6.07, 6.45) is 0.355. The van der Waals surface area contributed by atoms with E-state index < -0.39 is 21.5 Å². The number of benzene rings is 2. The molecule has 1 N–H and O–H groups in total. The summed E-state index contributed by atoms with van der Waals surface area (Å²) in [5.74, 6) is -1.08. The number of amides is 2. The number of nitrogens with zero attached hydrogens (tertiary/aromatic N) is 2. The molecule has 0 aromatic heterocycles. The molecule has 0 radical (unpaired) electrons. The lowest BCUT2D eigenvalue weighted by molar-refractivity contribution is -0.135. The topological polar surface area (TPSA) is 107 Å². The van der Waals surface area contributed by atoms with Gasteiger partial charge in [-0.3, -0.25) is 9.59 Å². The van der Waals surface area contributed by atoms with Gasteiger partial charge in [-0.05, 0) is 60.7 Å². The van der Waals surface area contributed by atoms with Crippen LogP contribution in [0.4, 0.5) is 0 Å². The average molecular weight is 440 g/mol. The molecule has 1 aliphatic rings. The minimum Gasteiger partial charge on any atom is -0.324 e. The molecule has 1 aliphatic heterocycles. The van der Waals surface area contributed by atoms with Crippen molar-refractivity contribution in [1.82, 2.24) is 9.62 Å². The van der Waals surface area contributed by atoms with Gasteiger partial charge in [0.1, 0.15) is 5.54 Å². The maximum atomic E-state index is 13.0. The normalized spacial score (nSPS) is 18.6. The van der Waals surface area contributed by atoms with E-state index in [2.05, 4.69) is 25.5 Å². The molecule has 1 heterocycles. The number of carbonyl (C=O) groups excluding carboxylic acids is 2. The van der Waals surface area contributed by atoms with Crippen LogP contribution in [0, 0.1) is 11.3 Å². The van der Waals surface area contributed by atoms with Crippen molar-refractivity contribution in [1.29, 1.82) is 5.26 Å². The lowest BCUT2D eigenvalue weighted by atomic mass is 9.84. The zero-order valence-electron chi connectivity index (χ0n) is 18.0. The predicted molar refractivity (Wildman–Crippen MR) is 116 cm³/mol.